The van der Waals surface area contributed by atoms with Gasteiger partial charge in [0.25, 0.3) is 0 Å². The normalized spacial score (nSPS) is 10.5. The lowest BCUT2D eigenvalue weighted by Gasteiger charge is -2.03. The van der Waals surface area contributed by atoms with Gasteiger partial charge in [0.2, 0.25) is 5.91 Å². The number of aromatic amines is 1. The molecule has 1 aromatic carbocycles. The van der Waals surface area contributed by atoms with Crippen LogP contribution in [0.25, 0.3) is 11.3 Å². The van der Waals surface area contributed by atoms with Gasteiger partial charge in [-0.25, -0.2) is 9.78 Å². The molecule has 0 aliphatic heterocycles. The van der Waals surface area contributed by atoms with Crippen LogP contribution in [0.2, 0.25) is 0 Å². The van der Waals surface area contributed by atoms with E-state index in [4.69, 9.17) is 5.11 Å². The first-order valence-electron chi connectivity index (χ1n) is 5.46. The molecule has 2 aromatic rings. The Bertz CT molecular complexity index is 601. The summed E-state index contributed by atoms with van der Waals surface area (Å²) in [5.74, 6) is -1.65. The van der Waals surface area contributed by atoms with Crippen LogP contribution in [0, 0.1) is 0 Å². The van der Waals surface area contributed by atoms with Gasteiger partial charge < -0.3 is 15.4 Å². The summed E-state index contributed by atoms with van der Waals surface area (Å²) in [5.41, 5.74) is 2.41. The highest BCUT2D eigenvalue weighted by Gasteiger charge is 2.01. The summed E-state index contributed by atoms with van der Waals surface area (Å²) in [6.07, 6.45) is 5.03. The second-order valence-corrected chi connectivity index (χ2v) is 3.70. The first-order valence-corrected chi connectivity index (χ1v) is 5.46. The fourth-order valence-corrected chi connectivity index (χ4v) is 1.48. The third kappa shape index (κ3) is 3.53. The largest absolute Gasteiger partial charge is 0.478 e. The van der Waals surface area contributed by atoms with Crippen molar-refractivity contribution in [3.05, 3.63) is 48.9 Å². The van der Waals surface area contributed by atoms with Crippen molar-refractivity contribution in [2.24, 2.45) is 0 Å². The molecule has 0 spiro atoms. The SMILES string of the molecule is O=C(O)/C=C/C(=O)Nc1ccc(-c2cnc[nH]2)cc1. The Kier molecular flexibility index (Phi) is 3.72. The fraction of sp³-hybridized carbons (Fsp3) is 0. The summed E-state index contributed by atoms with van der Waals surface area (Å²) in [4.78, 5) is 28.5. The molecule has 0 unspecified atom stereocenters. The maximum atomic E-state index is 11.4. The van der Waals surface area contributed by atoms with Gasteiger partial charge in [0, 0.05) is 17.8 Å². The number of H-pyrrole nitrogens is 1. The minimum atomic E-state index is -1.16. The van der Waals surface area contributed by atoms with E-state index >= 15 is 0 Å². The lowest BCUT2D eigenvalue weighted by Crippen LogP contribution is -2.08. The minimum absolute atomic E-state index is 0.489. The van der Waals surface area contributed by atoms with E-state index in [2.05, 4.69) is 15.3 Å². The topological polar surface area (TPSA) is 95.1 Å². The molecule has 0 saturated carbocycles. The summed E-state index contributed by atoms with van der Waals surface area (Å²) in [7, 11) is 0. The molecule has 0 aliphatic rings. The molecule has 6 heteroatoms. The molecule has 6 nitrogen and oxygen atoms in total. The van der Waals surface area contributed by atoms with Gasteiger partial charge in [0.05, 0.1) is 18.2 Å². The van der Waals surface area contributed by atoms with Gasteiger partial charge in [-0.2, -0.15) is 0 Å². The molecule has 3 N–H and O–H groups in total. The summed E-state index contributed by atoms with van der Waals surface area (Å²) in [6, 6.07) is 7.10. The number of amides is 1. The van der Waals surface area contributed by atoms with Gasteiger partial charge in [-0.15, -0.1) is 0 Å². The number of hydrogen-bond acceptors (Lipinski definition) is 3. The number of aromatic nitrogens is 2. The van der Waals surface area contributed by atoms with E-state index in [-0.39, 0.29) is 0 Å². The van der Waals surface area contributed by atoms with Crippen molar-refractivity contribution >= 4 is 17.6 Å². The van der Waals surface area contributed by atoms with E-state index in [1.165, 1.54) is 0 Å². The van der Waals surface area contributed by atoms with E-state index in [0.29, 0.717) is 5.69 Å². The first-order chi connectivity index (χ1) is 9.15. The molecule has 0 saturated heterocycles. The average Bonchev–Trinajstić information content (AvgIpc) is 2.91. The number of benzene rings is 1. The van der Waals surface area contributed by atoms with Crippen LogP contribution in [0.4, 0.5) is 5.69 Å². The summed E-state index contributed by atoms with van der Waals surface area (Å²) in [5, 5.41) is 10.9. The molecule has 2 rings (SSSR count). The number of hydrogen-bond donors (Lipinski definition) is 3. The Balaban J connectivity index is 2.03. The number of nitrogens with zero attached hydrogens (tertiary/aromatic N) is 1. The van der Waals surface area contributed by atoms with Crippen LogP contribution >= 0.6 is 0 Å². The molecule has 0 aliphatic carbocycles. The zero-order chi connectivity index (χ0) is 13.7. The summed E-state index contributed by atoms with van der Waals surface area (Å²) in [6.45, 7) is 0. The van der Waals surface area contributed by atoms with Gasteiger partial charge in [0.15, 0.2) is 0 Å². The van der Waals surface area contributed by atoms with Crippen LogP contribution in [-0.4, -0.2) is 27.0 Å². The Morgan fingerprint density at radius 2 is 1.95 bits per heavy atom. The average molecular weight is 257 g/mol. The van der Waals surface area contributed by atoms with E-state index in [1.807, 2.05) is 12.1 Å². The first kappa shape index (κ1) is 12.6. The molecular formula is C13H11N3O3. The number of nitrogens with one attached hydrogen (secondary N) is 2. The van der Waals surface area contributed by atoms with Gasteiger partial charge in [-0.05, 0) is 17.7 Å². The van der Waals surface area contributed by atoms with Gasteiger partial charge in [-0.1, -0.05) is 12.1 Å². The predicted molar refractivity (Wildman–Crippen MR) is 69.4 cm³/mol. The number of anilines is 1. The molecule has 0 radical (unpaired) electrons. The van der Waals surface area contributed by atoms with Crippen molar-refractivity contribution in [3.63, 3.8) is 0 Å². The maximum absolute atomic E-state index is 11.4. The smallest absolute Gasteiger partial charge is 0.328 e. The van der Waals surface area contributed by atoms with Gasteiger partial charge in [-0.3, -0.25) is 4.79 Å². The number of carboxylic acid groups (broad SMARTS) is 1. The van der Waals surface area contributed by atoms with Crippen molar-refractivity contribution in [2.75, 3.05) is 5.32 Å². The second-order valence-electron chi connectivity index (χ2n) is 3.70. The number of carbonyl (C=O) groups excluding carboxylic acids is 1. The van der Waals surface area contributed by atoms with Crippen molar-refractivity contribution in [1.82, 2.24) is 9.97 Å². The number of carbonyl (C=O) groups is 2. The van der Waals surface area contributed by atoms with Crippen LogP contribution in [-0.2, 0) is 9.59 Å². The molecule has 1 aromatic heterocycles. The zero-order valence-electron chi connectivity index (χ0n) is 9.83. The molecule has 96 valence electrons. The third-order valence-electron chi connectivity index (χ3n) is 2.34. The molecule has 1 heterocycles. The van der Waals surface area contributed by atoms with Crippen LogP contribution in [0.3, 0.4) is 0 Å². The Labute approximate surface area is 108 Å². The predicted octanol–water partition coefficient (Wildman–Crippen LogP) is 1.66. The number of rotatable bonds is 4. The number of carboxylic acids is 1. The van der Waals surface area contributed by atoms with E-state index in [0.717, 1.165) is 23.4 Å². The lowest BCUT2D eigenvalue weighted by molar-refractivity contribution is -0.131. The molecule has 1 amide bonds. The third-order valence-corrected chi connectivity index (χ3v) is 2.34. The fourth-order valence-electron chi connectivity index (χ4n) is 1.48. The van der Waals surface area contributed by atoms with Gasteiger partial charge in [0.1, 0.15) is 0 Å². The van der Waals surface area contributed by atoms with Crippen molar-refractivity contribution < 1.29 is 14.7 Å². The van der Waals surface area contributed by atoms with Crippen LogP contribution in [0.15, 0.2) is 48.9 Å². The van der Waals surface area contributed by atoms with Crippen molar-refractivity contribution in [2.45, 2.75) is 0 Å². The Morgan fingerprint density at radius 3 is 2.53 bits per heavy atom. The number of aliphatic carboxylic acids is 1. The van der Waals surface area contributed by atoms with Crippen molar-refractivity contribution in [1.29, 1.82) is 0 Å². The van der Waals surface area contributed by atoms with E-state index in [9.17, 15) is 9.59 Å². The van der Waals surface area contributed by atoms with Crippen LogP contribution in [0.1, 0.15) is 0 Å². The molecule has 0 atom stereocenters. The maximum Gasteiger partial charge on any atom is 0.328 e. The van der Waals surface area contributed by atoms with Crippen LogP contribution < -0.4 is 5.32 Å². The van der Waals surface area contributed by atoms with E-state index in [1.54, 1.807) is 24.7 Å². The number of imidazole rings is 1. The zero-order valence-corrected chi connectivity index (χ0v) is 9.83. The summed E-state index contributed by atoms with van der Waals surface area (Å²) >= 11 is 0. The van der Waals surface area contributed by atoms with Crippen LogP contribution in [0.5, 0.6) is 0 Å². The Hall–Kier alpha value is -2.89. The molecular weight excluding hydrogens is 246 g/mol. The highest BCUT2D eigenvalue weighted by Crippen LogP contribution is 2.18. The standard InChI is InChI=1S/C13H11N3O3/c17-12(5-6-13(18)19)16-10-3-1-9(2-4-10)11-7-14-8-15-11/h1-8H,(H,14,15)(H,16,17)(H,18,19)/b6-5+. The second kappa shape index (κ2) is 5.63. The Morgan fingerprint density at radius 1 is 1.21 bits per heavy atom. The van der Waals surface area contributed by atoms with Crippen molar-refractivity contribution in [3.8, 4) is 11.3 Å². The molecule has 19 heavy (non-hydrogen) atoms. The highest BCUT2D eigenvalue weighted by atomic mass is 16.4. The molecule has 0 fully saturated rings. The quantitative estimate of drug-likeness (QED) is 0.726. The monoisotopic (exact) mass is 257 g/mol. The molecule has 0 bridgehead atoms. The van der Waals surface area contributed by atoms with Gasteiger partial charge >= 0.3 is 5.97 Å². The highest BCUT2D eigenvalue weighted by molar-refractivity contribution is 6.02. The lowest BCUT2D eigenvalue weighted by atomic mass is 10.1. The summed E-state index contributed by atoms with van der Waals surface area (Å²) < 4.78 is 0. The minimum Gasteiger partial charge on any atom is -0.478 e. The van der Waals surface area contributed by atoms with E-state index < -0.39 is 11.9 Å².